The van der Waals surface area contributed by atoms with Gasteiger partial charge < -0.3 is 9.47 Å². The molecule has 0 radical (unpaired) electrons. The van der Waals surface area contributed by atoms with E-state index < -0.39 is 10.0 Å². The predicted octanol–water partition coefficient (Wildman–Crippen LogP) is 3.74. The Morgan fingerprint density at radius 2 is 1.75 bits per heavy atom. The zero-order valence-electron chi connectivity index (χ0n) is 10.2. The van der Waals surface area contributed by atoms with Crippen LogP contribution in [-0.2, 0) is 0 Å². The van der Waals surface area contributed by atoms with Gasteiger partial charge in [0.1, 0.15) is 13.2 Å². The Morgan fingerprint density at radius 3 is 2.38 bits per heavy atom. The molecule has 1 aliphatic rings. The van der Waals surface area contributed by atoms with Crippen LogP contribution < -0.4 is 9.47 Å². The van der Waals surface area contributed by atoms with E-state index in [-0.39, 0.29) is 0 Å². The van der Waals surface area contributed by atoms with Gasteiger partial charge in [0.15, 0.2) is 11.5 Å². The molecule has 2 nitrogen and oxygen atoms in total. The first-order valence-corrected chi connectivity index (χ1v) is 8.93. The Labute approximate surface area is 103 Å². The summed E-state index contributed by atoms with van der Waals surface area (Å²) in [6, 6.07) is 0. The van der Waals surface area contributed by atoms with Crippen LogP contribution in [0.25, 0.3) is 0 Å². The van der Waals surface area contributed by atoms with E-state index >= 15 is 0 Å². The van der Waals surface area contributed by atoms with Crippen LogP contribution in [0.2, 0.25) is 0 Å². The van der Waals surface area contributed by atoms with Crippen LogP contribution >= 0.6 is 21.4 Å². The average Bonchev–Trinajstić information content (AvgIpc) is 2.77. The van der Waals surface area contributed by atoms with Crippen molar-refractivity contribution in [1.29, 1.82) is 0 Å². The number of thiophene rings is 1. The first-order chi connectivity index (χ1) is 7.77. The molecule has 1 aromatic rings. The molecule has 1 aliphatic heterocycles. The van der Waals surface area contributed by atoms with Crippen molar-refractivity contribution in [3.8, 4) is 11.5 Å². The quantitative estimate of drug-likeness (QED) is 0.821. The highest BCUT2D eigenvalue weighted by atomic mass is 32.3. The number of rotatable bonds is 4. The molecule has 0 unspecified atom stereocenters. The van der Waals surface area contributed by atoms with Crippen molar-refractivity contribution in [2.24, 2.45) is 0 Å². The summed E-state index contributed by atoms with van der Waals surface area (Å²) < 4.78 is 12.9. The van der Waals surface area contributed by atoms with Crippen LogP contribution in [0.5, 0.6) is 11.5 Å². The molecule has 16 heavy (non-hydrogen) atoms. The lowest BCUT2D eigenvalue weighted by Gasteiger charge is -2.37. The molecule has 0 spiro atoms. The van der Waals surface area contributed by atoms with Gasteiger partial charge in [0.25, 0.3) is 0 Å². The SMILES string of the molecule is CCS(CC)(CC)c1scc2c1OCCO2. The molecule has 0 aliphatic carbocycles. The molecule has 1 aromatic heterocycles. The van der Waals surface area contributed by atoms with Crippen LogP contribution in [0.1, 0.15) is 20.8 Å². The highest BCUT2D eigenvalue weighted by Gasteiger charge is 2.30. The van der Waals surface area contributed by atoms with E-state index in [4.69, 9.17) is 9.47 Å². The van der Waals surface area contributed by atoms with Crippen molar-refractivity contribution in [2.45, 2.75) is 25.0 Å². The molecule has 0 amide bonds. The van der Waals surface area contributed by atoms with Crippen LogP contribution in [0.15, 0.2) is 9.59 Å². The van der Waals surface area contributed by atoms with E-state index in [2.05, 4.69) is 26.2 Å². The van der Waals surface area contributed by atoms with Gasteiger partial charge in [-0.3, -0.25) is 0 Å². The third-order valence-electron chi connectivity index (χ3n) is 3.32. The molecule has 0 saturated heterocycles. The van der Waals surface area contributed by atoms with Crippen LogP contribution in [0.3, 0.4) is 0 Å². The lowest BCUT2D eigenvalue weighted by molar-refractivity contribution is 0.170. The molecule has 0 N–H and O–H groups in total. The Hall–Kier alpha value is -0.350. The van der Waals surface area contributed by atoms with Gasteiger partial charge in [-0.15, -0.1) is 11.3 Å². The average molecular weight is 260 g/mol. The zero-order chi connectivity index (χ0) is 11.6. The van der Waals surface area contributed by atoms with E-state index in [9.17, 15) is 0 Å². The van der Waals surface area contributed by atoms with Gasteiger partial charge in [0, 0.05) is 5.38 Å². The second-order valence-electron chi connectivity index (χ2n) is 3.82. The normalized spacial score (nSPS) is 16.2. The van der Waals surface area contributed by atoms with Crippen molar-refractivity contribution in [3.05, 3.63) is 5.38 Å². The van der Waals surface area contributed by atoms with E-state index in [0.717, 1.165) is 11.5 Å². The third-order valence-corrected chi connectivity index (χ3v) is 9.69. The molecular weight excluding hydrogens is 240 g/mol. The predicted molar refractivity (Wildman–Crippen MR) is 72.8 cm³/mol. The van der Waals surface area contributed by atoms with Gasteiger partial charge in [-0.25, -0.2) is 10.0 Å². The third kappa shape index (κ3) is 1.82. The lowest BCUT2D eigenvalue weighted by atomic mass is 10.5. The number of ether oxygens (including phenoxy) is 2. The van der Waals surface area contributed by atoms with Gasteiger partial charge in [0.2, 0.25) is 0 Å². The molecule has 0 bridgehead atoms. The summed E-state index contributed by atoms with van der Waals surface area (Å²) in [5, 5.41) is 2.12. The first kappa shape index (κ1) is 12.1. The monoisotopic (exact) mass is 260 g/mol. The topological polar surface area (TPSA) is 18.5 Å². The Kier molecular flexibility index (Phi) is 3.70. The van der Waals surface area contributed by atoms with E-state index in [1.807, 2.05) is 11.3 Å². The molecule has 0 atom stereocenters. The molecule has 2 rings (SSSR count). The smallest absolute Gasteiger partial charge is 0.184 e. The summed E-state index contributed by atoms with van der Waals surface area (Å²) in [5.41, 5.74) is 0. The van der Waals surface area contributed by atoms with Gasteiger partial charge in [0.05, 0.1) is 4.21 Å². The maximum atomic E-state index is 5.81. The number of hydrogen-bond donors (Lipinski definition) is 0. The fourth-order valence-electron chi connectivity index (χ4n) is 2.14. The van der Waals surface area contributed by atoms with Gasteiger partial charge >= 0.3 is 0 Å². The van der Waals surface area contributed by atoms with Gasteiger partial charge in [-0.05, 0) is 17.3 Å². The maximum Gasteiger partial charge on any atom is 0.184 e. The first-order valence-electron chi connectivity index (χ1n) is 5.91. The Bertz CT molecular complexity index is 348. The van der Waals surface area contributed by atoms with E-state index in [0.29, 0.717) is 13.2 Å². The van der Waals surface area contributed by atoms with Gasteiger partial charge in [-0.1, -0.05) is 20.8 Å². The van der Waals surface area contributed by atoms with Crippen molar-refractivity contribution in [2.75, 3.05) is 30.5 Å². The maximum absolute atomic E-state index is 5.81. The van der Waals surface area contributed by atoms with Crippen molar-refractivity contribution in [1.82, 2.24) is 0 Å². The molecule has 92 valence electrons. The Balaban J connectivity index is 2.42. The molecular formula is C12H20O2S2. The highest BCUT2D eigenvalue weighted by Crippen LogP contribution is 2.63. The highest BCUT2D eigenvalue weighted by molar-refractivity contribution is 8.34. The van der Waals surface area contributed by atoms with E-state index in [1.165, 1.54) is 21.5 Å². The molecule has 0 aromatic carbocycles. The summed E-state index contributed by atoms with van der Waals surface area (Å²) >= 11 is 1.83. The second-order valence-corrected chi connectivity index (χ2v) is 9.19. The summed E-state index contributed by atoms with van der Waals surface area (Å²) in [7, 11) is -0.674. The van der Waals surface area contributed by atoms with Crippen molar-refractivity contribution in [3.63, 3.8) is 0 Å². The summed E-state index contributed by atoms with van der Waals surface area (Å²) in [4.78, 5) is 0. The number of hydrogen-bond acceptors (Lipinski definition) is 3. The van der Waals surface area contributed by atoms with Crippen LogP contribution in [0, 0.1) is 0 Å². The Morgan fingerprint density at radius 1 is 1.12 bits per heavy atom. The second kappa shape index (κ2) is 4.88. The summed E-state index contributed by atoms with van der Waals surface area (Å²) in [6.45, 7) is 8.30. The molecule has 0 fully saturated rings. The minimum atomic E-state index is -0.674. The summed E-state index contributed by atoms with van der Waals surface area (Å²) in [5.74, 6) is 5.76. The van der Waals surface area contributed by atoms with Crippen molar-refractivity contribution >= 4 is 21.4 Å². The minimum absolute atomic E-state index is 0.674. The van der Waals surface area contributed by atoms with Crippen molar-refractivity contribution < 1.29 is 9.47 Å². The fraction of sp³-hybridized carbons (Fsp3) is 0.667. The van der Waals surface area contributed by atoms with E-state index in [1.54, 1.807) is 0 Å². The molecule has 2 heterocycles. The zero-order valence-corrected chi connectivity index (χ0v) is 11.9. The standard InChI is InChI=1S/C12H20O2S2/c1-4-16(5-2,6-3)12-11-10(9-15-12)13-7-8-14-11/h9H,4-8H2,1-3H3. The van der Waals surface area contributed by atoms with Crippen LogP contribution in [-0.4, -0.2) is 30.5 Å². The summed E-state index contributed by atoms with van der Waals surface area (Å²) in [6.07, 6.45) is 0. The van der Waals surface area contributed by atoms with Gasteiger partial charge in [-0.2, -0.15) is 0 Å². The number of fused-ring (bicyclic) bond motifs is 1. The molecule has 4 heteroatoms. The van der Waals surface area contributed by atoms with Crippen LogP contribution in [0.4, 0.5) is 0 Å². The minimum Gasteiger partial charge on any atom is -0.485 e. The lowest BCUT2D eigenvalue weighted by Crippen LogP contribution is -2.16. The fourth-order valence-corrected chi connectivity index (χ4v) is 7.39. The largest absolute Gasteiger partial charge is 0.485 e. The molecule has 0 saturated carbocycles.